The number of rotatable bonds is 3. The Bertz CT molecular complexity index is 469. The number of methoxy groups -OCH3 is 2. The molecule has 1 aromatic rings. The van der Waals surface area contributed by atoms with Crippen molar-refractivity contribution < 1.29 is 19.0 Å². The van der Waals surface area contributed by atoms with Crippen molar-refractivity contribution in [3.05, 3.63) is 22.2 Å². The van der Waals surface area contributed by atoms with Crippen molar-refractivity contribution in [3.63, 3.8) is 0 Å². The van der Waals surface area contributed by atoms with Gasteiger partial charge in [0, 0.05) is 12.0 Å². The molecule has 1 saturated heterocycles. The molecule has 1 amide bonds. The summed E-state index contributed by atoms with van der Waals surface area (Å²) in [7, 11) is 3.19. The summed E-state index contributed by atoms with van der Waals surface area (Å²) in [6.45, 7) is 0.401. The first kappa shape index (κ1) is 15.9. The van der Waals surface area contributed by atoms with Crippen LogP contribution in [0, 0.1) is 0 Å². The summed E-state index contributed by atoms with van der Waals surface area (Å²) in [5.41, 5.74) is 0.884. The van der Waals surface area contributed by atoms with Crippen molar-refractivity contribution in [2.45, 2.75) is 12.5 Å². The van der Waals surface area contributed by atoms with E-state index >= 15 is 0 Å². The molecular weight excluding hydrogens is 337 g/mol. The van der Waals surface area contributed by atoms with Crippen LogP contribution < -0.4 is 14.8 Å². The van der Waals surface area contributed by atoms with Gasteiger partial charge in [-0.1, -0.05) is 0 Å². The second-order valence-electron chi connectivity index (χ2n) is 3.85. The monoisotopic (exact) mass is 351 g/mol. The van der Waals surface area contributed by atoms with Crippen LogP contribution in [-0.2, 0) is 4.74 Å². The fraction of sp³-hybridized carbons (Fsp3) is 0.417. The molecule has 106 valence electrons. The van der Waals surface area contributed by atoms with Crippen molar-refractivity contribution in [1.29, 1.82) is 0 Å². The Morgan fingerprint density at radius 3 is 2.58 bits per heavy atom. The molecule has 2 rings (SSSR count). The second-order valence-corrected chi connectivity index (χ2v) is 4.70. The Hall–Kier alpha value is -1.14. The largest absolute Gasteiger partial charge is 0.496 e. The summed E-state index contributed by atoms with van der Waals surface area (Å²) in [6.07, 6.45) is 0.294. The maximum atomic E-state index is 11.3. The van der Waals surface area contributed by atoms with Crippen LogP contribution in [0.4, 0.5) is 4.79 Å². The van der Waals surface area contributed by atoms with Gasteiger partial charge in [0.05, 0.1) is 31.3 Å². The molecular formula is C12H15BrClNO4. The number of carbonyl (C=O) groups is 1. The SMILES string of the molecule is COc1cc([C@@H]2CCOC(=O)N2)c(OC)cc1Br.Cl. The maximum absolute atomic E-state index is 11.3. The van der Waals surface area contributed by atoms with E-state index < -0.39 is 6.09 Å². The fourth-order valence-electron chi connectivity index (χ4n) is 1.92. The molecule has 0 radical (unpaired) electrons. The number of halogens is 2. The van der Waals surface area contributed by atoms with Crippen molar-refractivity contribution in [2.24, 2.45) is 0 Å². The van der Waals surface area contributed by atoms with Gasteiger partial charge in [-0.2, -0.15) is 0 Å². The molecule has 0 bridgehead atoms. The van der Waals surface area contributed by atoms with Gasteiger partial charge in [-0.05, 0) is 28.1 Å². The summed E-state index contributed by atoms with van der Waals surface area (Å²) >= 11 is 3.40. The summed E-state index contributed by atoms with van der Waals surface area (Å²) < 4.78 is 16.3. The molecule has 0 unspecified atom stereocenters. The smallest absolute Gasteiger partial charge is 0.407 e. The highest BCUT2D eigenvalue weighted by atomic mass is 79.9. The first-order valence-electron chi connectivity index (χ1n) is 5.50. The number of carbonyl (C=O) groups excluding carboxylic acids is 1. The molecule has 19 heavy (non-hydrogen) atoms. The summed E-state index contributed by atoms with van der Waals surface area (Å²) in [6, 6.07) is 3.57. The predicted octanol–water partition coefficient (Wildman–Crippen LogP) is 3.06. The lowest BCUT2D eigenvalue weighted by atomic mass is 10.0. The van der Waals surface area contributed by atoms with E-state index in [1.807, 2.05) is 12.1 Å². The van der Waals surface area contributed by atoms with Gasteiger partial charge in [0.25, 0.3) is 0 Å². The molecule has 1 heterocycles. The molecule has 1 aromatic carbocycles. The van der Waals surface area contributed by atoms with Gasteiger partial charge in [0.1, 0.15) is 11.5 Å². The molecule has 0 aromatic heterocycles. The molecule has 1 aliphatic heterocycles. The first-order valence-corrected chi connectivity index (χ1v) is 6.29. The zero-order chi connectivity index (χ0) is 13.1. The van der Waals surface area contributed by atoms with Gasteiger partial charge >= 0.3 is 6.09 Å². The van der Waals surface area contributed by atoms with E-state index in [1.165, 1.54) is 0 Å². The lowest BCUT2D eigenvalue weighted by molar-refractivity contribution is 0.115. The Kier molecular flexibility index (Phi) is 5.75. The molecule has 0 aliphatic carbocycles. The van der Waals surface area contributed by atoms with Crippen LogP contribution in [0.3, 0.4) is 0 Å². The van der Waals surface area contributed by atoms with E-state index in [4.69, 9.17) is 14.2 Å². The van der Waals surface area contributed by atoms with Gasteiger partial charge in [0.2, 0.25) is 0 Å². The van der Waals surface area contributed by atoms with Gasteiger partial charge in [-0.3, -0.25) is 0 Å². The average molecular weight is 353 g/mol. The lowest BCUT2D eigenvalue weighted by Gasteiger charge is -2.25. The van der Waals surface area contributed by atoms with Crippen LogP contribution in [0.2, 0.25) is 0 Å². The molecule has 1 fully saturated rings. The minimum atomic E-state index is -0.407. The van der Waals surface area contributed by atoms with Crippen LogP contribution in [0.25, 0.3) is 0 Å². The highest BCUT2D eigenvalue weighted by molar-refractivity contribution is 9.10. The number of amides is 1. The quantitative estimate of drug-likeness (QED) is 0.908. The Balaban J connectivity index is 0.00000180. The van der Waals surface area contributed by atoms with Crippen LogP contribution in [-0.4, -0.2) is 26.9 Å². The zero-order valence-corrected chi connectivity index (χ0v) is 13.0. The van der Waals surface area contributed by atoms with Gasteiger partial charge < -0.3 is 19.5 Å². The van der Waals surface area contributed by atoms with Crippen molar-refractivity contribution in [3.8, 4) is 11.5 Å². The molecule has 0 saturated carbocycles. The predicted molar refractivity (Wildman–Crippen MR) is 76.3 cm³/mol. The number of hydrogen-bond donors (Lipinski definition) is 1. The topological polar surface area (TPSA) is 56.8 Å². The average Bonchev–Trinajstić information content (AvgIpc) is 2.38. The summed E-state index contributed by atoms with van der Waals surface area (Å²) in [5, 5.41) is 2.77. The zero-order valence-electron chi connectivity index (χ0n) is 10.6. The molecule has 1 N–H and O–H groups in total. The maximum Gasteiger partial charge on any atom is 0.407 e. The van der Waals surface area contributed by atoms with E-state index in [1.54, 1.807) is 14.2 Å². The lowest BCUT2D eigenvalue weighted by Crippen LogP contribution is -2.35. The van der Waals surface area contributed by atoms with Crippen LogP contribution in [0.5, 0.6) is 11.5 Å². The number of alkyl carbamates (subject to hydrolysis) is 1. The van der Waals surface area contributed by atoms with Crippen LogP contribution >= 0.6 is 28.3 Å². The normalized spacial score (nSPS) is 17.8. The standard InChI is InChI=1S/C12H14BrNO4.ClH/c1-16-10-6-8(13)11(17-2)5-7(10)9-3-4-18-12(15)14-9;/h5-6,9H,3-4H2,1-2H3,(H,14,15);1H/t9-;/m0./s1. The number of cyclic esters (lactones) is 1. The highest BCUT2D eigenvalue weighted by Crippen LogP contribution is 2.37. The number of ether oxygens (including phenoxy) is 3. The third-order valence-corrected chi connectivity index (χ3v) is 3.43. The van der Waals surface area contributed by atoms with E-state index in [-0.39, 0.29) is 18.4 Å². The highest BCUT2D eigenvalue weighted by Gasteiger charge is 2.24. The first-order chi connectivity index (χ1) is 8.65. The molecule has 1 aliphatic rings. The van der Waals surface area contributed by atoms with Crippen molar-refractivity contribution >= 4 is 34.4 Å². The van der Waals surface area contributed by atoms with E-state index in [2.05, 4.69) is 21.2 Å². The minimum Gasteiger partial charge on any atom is -0.496 e. The van der Waals surface area contributed by atoms with Gasteiger partial charge in [-0.15, -0.1) is 12.4 Å². The molecule has 0 spiro atoms. The van der Waals surface area contributed by atoms with Crippen LogP contribution in [0.1, 0.15) is 18.0 Å². The number of hydrogen-bond acceptors (Lipinski definition) is 4. The molecule has 1 atom stereocenters. The van der Waals surface area contributed by atoms with E-state index in [0.29, 0.717) is 24.5 Å². The van der Waals surface area contributed by atoms with Gasteiger partial charge in [0.15, 0.2) is 0 Å². The van der Waals surface area contributed by atoms with Crippen molar-refractivity contribution in [2.75, 3.05) is 20.8 Å². The minimum absolute atomic E-state index is 0. The Morgan fingerprint density at radius 1 is 1.32 bits per heavy atom. The fourth-order valence-corrected chi connectivity index (χ4v) is 2.40. The van der Waals surface area contributed by atoms with E-state index in [0.717, 1.165) is 10.0 Å². The molecule has 7 heteroatoms. The third-order valence-electron chi connectivity index (χ3n) is 2.81. The Labute approximate surface area is 126 Å². The van der Waals surface area contributed by atoms with Gasteiger partial charge in [-0.25, -0.2) is 4.79 Å². The van der Waals surface area contributed by atoms with E-state index in [9.17, 15) is 4.79 Å². The number of nitrogens with one attached hydrogen (secondary N) is 1. The third kappa shape index (κ3) is 3.45. The summed E-state index contributed by atoms with van der Waals surface area (Å²) in [5.74, 6) is 1.40. The Morgan fingerprint density at radius 2 is 2.00 bits per heavy atom. The second kappa shape index (κ2) is 6.86. The number of benzene rings is 1. The summed E-state index contributed by atoms with van der Waals surface area (Å²) in [4.78, 5) is 11.3. The van der Waals surface area contributed by atoms with Crippen LogP contribution in [0.15, 0.2) is 16.6 Å². The van der Waals surface area contributed by atoms with Crippen molar-refractivity contribution in [1.82, 2.24) is 5.32 Å². The molecule has 5 nitrogen and oxygen atoms in total.